The maximum Gasteiger partial charge on any atom is 0.304 e. The fourth-order valence-electron chi connectivity index (χ4n) is 2.24. The summed E-state index contributed by atoms with van der Waals surface area (Å²) in [6.07, 6.45) is 0.595. The number of hydrogen-bond acceptors (Lipinski definition) is 5. The van der Waals surface area contributed by atoms with Gasteiger partial charge in [-0.25, -0.2) is 0 Å². The fourth-order valence-corrected chi connectivity index (χ4v) is 2.24. The average molecular weight is 307 g/mol. The Kier molecular flexibility index (Phi) is 5.77. The van der Waals surface area contributed by atoms with Crippen LogP contribution in [0.3, 0.4) is 0 Å². The molecule has 1 saturated heterocycles. The zero-order valence-electron chi connectivity index (χ0n) is 12.9. The van der Waals surface area contributed by atoms with E-state index in [1.54, 1.807) is 12.0 Å². The summed E-state index contributed by atoms with van der Waals surface area (Å²) in [6, 6.07) is 7.69. The lowest BCUT2D eigenvalue weighted by Crippen LogP contribution is -2.54. The topological polar surface area (TPSA) is 65.1 Å². The highest BCUT2D eigenvalue weighted by Gasteiger charge is 2.37. The second-order valence-electron chi connectivity index (χ2n) is 5.11. The van der Waals surface area contributed by atoms with Crippen molar-refractivity contribution in [3.8, 4) is 5.75 Å². The number of hydrogen-bond donors (Lipinski definition) is 0. The molecule has 1 fully saturated rings. The van der Waals surface area contributed by atoms with E-state index in [4.69, 9.17) is 14.2 Å². The molecule has 1 aliphatic heterocycles. The normalized spacial score (nSPS) is 17.1. The van der Waals surface area contributed by atoms with Crippen molar-refractivity contribution >= 4 is 11.9 Å². The minimum atomic E-state index is -0.397. The average Bonchev–Trinajstić information content (AvgIpc) is 2.50. The third kappa shape index (κ3) is 4.46. The van der Waals surface area contributed by atoms with Crippen molar-refractivity contribution in [2.75, 3.05) is 20.3 Å². The quantitative estimate of drug-likeness (QED) is 0.416. The van der Waals surface area contributed by atoms with Crippen LogP contribution in [0, 0.1) is 0 Å². The summed E-state index contributed by atoms with van der Waals surface area (Å²) in [4.78, 5) is 23.9. The lowest BCUT2D eigenvalue weighted by molar-refractivity contribution is -0.182. The molecule has 2 rings (SSSR count). The molecule has 120 valence electrons. The van der Waals surface area contributed by atoms with Gasteiger partial charge in [0, 0.05) is 20.1 Å². The first kappa shape index (κ1) is 16.3. The van der Waals surface area contributed by atoms with Gasteiger partial charge < -0.3 is 19.1 Å². The van der Waals surface area contributed by atoms with E-state index < -0.39 is 6.23 Å². The molecule has 1 aliphatic rings. The summed E-state index contributed by atoms with van der Waals surface area (Å²) >= 11 is 0. The largest absolute Gasteiger partial charge is 0.497 e. The lowest BCUT2D eigenvalue weighted by Gasteiger charge is -2.39. The number of β-lactam (4-membered cyclic amide) rings is 1. The van der Waals surface area contributed by atoms with Crippen LogP contribution in [0.25, 0.3) is 0 Å². The number of esters is 1. The van der Waals surface area contributed by atoms with E-state index in [0.717, 1.165) is 11.3 Å². The van der Waals surface area contributed by atoms with Crippen LogP contribution in [0.1, 0.15) is 25.3 Å². The van der Waals surface area contributed by atoms with Gasteiger partial charge in [-0.2, -0.15) is 0 Å². The SMILES string of the molecule is COc1ccc(COCCCN2C(=O)CC2OC(C)=O)cc1. The Morgan fingerprint density at radius 1 is 1.32 bits per heavy atom. The van der Waals surface area contributed by atoms with Gasteiger partial charge >= 0.3 is 5.97 Å². The van der Waals surface area contributed by atoms with Crippen LogP contribution in [-0.4, -0.2) is 43.3 Å². The highest BCUT2D eigenvalue weighted by atomic mass is 16.6. The molecule has 0 N–H and O–H groups in total. The number of methoxy groups -OCH3 is 1. The third-order valence-corrected chi connectivity index (χ3v) is 3.43. The standard InChI is InChI=1S/C16H21NO5/c1-12(18)22-16-10-15(19)17(16)8-3-9-21-11-13-4-6-14(20-2)7-5-13/h4-7,16H,3,8-11H2,1-2H3. The predicted octanol–water partition coefficient (Wildman–Crippen LogP) is 1.72. The van der Waals surface area contributed by atoms with Gasteiger partial charge in [-0.05, 0) is 24.1 Å². The second kappa shape index (κ2) is 7.79. The Hall–Kier alpha value is -2.08. The molecule has 0 aliphatic carbocycles. The number of nitrogens with zero attached hydrogens (tertiary/aromatic N) is 1. The third-order valence-electron chi connectivity index (χ3n) is 3.43. The van der Waals surface area contributed by atoms with Crippen molar-refractivity contribution < 1.29 is 23.8 Å². The summed E-state index contributed by atoms with van der Waals surface area (Å²) in [5, 5.41) is 0. The molecule has 0 aromatic heterocycles. The van der Waals surface area contributed by atoms with Crippen LogP contribution in [0.4, 0.5) is 0 Å². The van der Waals surface area contributed by atoms with E-state index >= 15 is 0 Å². The zero-order valence-corrected chi connectivity index (χ0v) is 12.9. The molecular weight excluding hydrogens is 286 g/mol. The van der Waals surface area contributed by atoms with Crippen LogP contribution in [0.5, 0.6) is 5.75 Å². The number of likely N-dealkylation sites (tertiary alicyclic amines) is 1. The molecule has 6 heteroatoms. The summed E-state index contributed by atoms with van der Waals surface area (Å²) in [5.74, 6) is 0.469. The lowest BCUT2D eigenvalue weighted by atomic mass is 10.1. The number of amides is 1. The van der Waals surface area contributed by atoms with Gasteiger partial charge in [0.15, 0.2) is 6.23 Å². The summed E-state index contributed by atoms with van der Waals surface area (Å²) in [7, 11) is 1.63. The summed E-state index contributed by atoms with van der Waals surface area (Å²) < 4.78 is 15.7. The molecule has 1 aromatic rings. The van der Waals surface area contributed by atoms with E-state index in [0.29, 0.717) is 26.2 Å². The van der Waals surface area contributed by atoms with Crippen molar-refractivity contribution in [1.82, 2.24) is 4.90 Å². The smallest absolute Gasteiger partial charge is 0.304 e. The number of benzene rings is 1. The van der Waals surface area contributed by atoms with Crippen LogP contribution in [-0.2, 0) is 25.7 Å². The van der Waals surface area contributed by atoms with Crippen molar-refractivity contribution in [2.24, 2.45) is 0 Å². The Balaban J connectivity index is 1.62. The van der Waals surface area contributed by atoms with E-state index in [1.165, 1.54) is 6.92 Å². The molecule has 1 aromatic carbocycles. The first-order valence-electron chi connectivity index (χ1n) is 7.27. The fraction of sp³-hybridized carbons (Fsp3) is 0.500. The molecule has 1 unspecified atom stereocenters. The first-order valence-corrected chi connectivity index (χ1v) is 7.27. The maximum absolute atomic E-state index is 11.4. The van der Waals surface area contributed by atoms with E-state index in [1.807, 2.05) is 24.3 Å². The van der Waals surface area contributed by atoms with E-state index in [2.05, 4.69) is 0 Å². The number of carbonyl (C=O) groups is 2. The maximum atomic E-state index is 11.4. The molecule has 6 nitrogen and oxygen atoms in total. The van der Waals surface area contributed by atoms with Crippen molar-refractivity contribution in [2.45, 2.75) is 32.6 Å². The highest BCUT2D eigenvalue weighted by molar-refractivity contribution is 5.83. The molecule has 0 spiro atoms. The molecule has 1 atom stereocenters. The minimum Gasteiger partial charge on any atom is -0.497 e. The molecule has 22 heavy (non-hydrogen) atoms. The zero-order chi connectivity index (χ0) is 15.9. The van der Waals surface area contributed by atoms with Crippen molar-refractivity contribution in [1.29, 1.82) is 0 Å². The van der Waals surface area contributed by atoms with Crippen LogP contribution >= 0.6 is 0 Å². The summed E-state index contributed by atoms with van der Waals surface area (Å²) in [5.41, 5.74) is 1.07. The second-order valence-corrected chi connectivity index (χ2v) is 5.11. The van der Waals surface area contributed by atoms with Gasteiger partial charge in [-0.3, -0.25) is 9.59 Å². The van der Waals surface area contributed by atoms with E-state index in [-0.39, 0.29) is 18.3 Å². The first-order chi connectivity index (χ1) is 10.6. The van der Waals surface area contributed by atoms with Crippen molar-refractivity contribution in [3.63, 3.8) is 0 Å². The van der Waals surface area contributed by atoms with E-state index in [9.17, 15) is 9.59 Å². The number of rotatable bonds is 8. The predicted molar refractivity (Wildman–Crippen MR) is 79.2 cm³/mol. The Bertz CT molecular complexity index is 514. The van der Waals surface area contributed by atoms with Crippen LogP contribution in [0.2, 0.25) is 0 Å². The molecule has 1 heterocycles. The van der Waals surface area contributed by atoms with Crippen molar-refractivity contribution in [3.05, 3.63) is 29.8 Å². The number of carbonyl (C=O) groups excluding carboxylic acids is 2. The van der Waals surface area contributed by atoms with Crippen LogP contribution in [0.15, 0.2) is 24.3 Å². The summed E-state index contributed by atoms with van der Waals surface area (Å²) in [6.45, 7) is 2.95. The molecule has 1 amide bonds. The van der Waals surface area contributed by atoms with Crippen LogP contribution < -0.4 is 4.74 Å². The Morgan fingerprint density at radius 2 is 2.05 bits per heavy atom. The minimum absolute atomic E-state index is 0.0152. The Labute approximate surface area is 129 Å². The highest BCUT2D eigenvalue weighted by Crippen LogP contribution is 2.20. The van der Waals surface area contributed by atoms with Gasteiger partial charge in [0.25, 0.3) is 0 Å². The molecule has 0 saturated carbocycles. The molecule has 0 bridgehead atoms. The van der Waals surface area contributed by atoms with Gasteiger partial charge in [-0.15, -0.1) is 0 Å². The molecular formula is C16H21NO5. The Morgan fingerprint density at radius 3 is 2.64 bits per heavy atom. The van der Waals surface area contributed by atoms with Gasteiger partial charge in [0.05, 0.1) is 20.1 Å². The van der Waals surface area contributed by atoms with Gasteiger partial charge in [-0.1, -0.05) is 12.1 Å². The number of ether oxygens (including phenoxy) is 3. The monoisotopic (exact) mass is 307 g/mol. The molecule has 0 radical (unpaired) electrons. The van der Waals surface area contributed by atoms with Gasteiger partial charge in [0.2, 0.25) is 5.91 Å². The van der Waals surface area contributed by atoms with Gasteiger partial charge in [0.1, 0.15) is 5.75 Å².